The third-order valence-corrected chi connectivity index (χ3v) is 4.84. The van der Waals surface area contributed by atoms with Crippen molar-refractivity contribution in [3.8, 4) is 5.75 Å². The number of nitrogens with zero attached hydrogens (tertiary/aromatic N) is 1. The highest BCUT2D eigenvalue weighted by Crippen LogP contribution is 2.29. The fraction of sp³-hybridized carbons (Fsp3) is 0.579. The molecule has 0 aromatic heterocycles. The van der Waals surface area contributed by atoms with Gasteiger partial charge in [-0.25, -0.2) is 0 Å². The van der Waals surface area contributed by atoms with Crippen LogP contribution < -0.4 is 10.1 Å². The smallest absolute Gasteiger partial charge is 0.264 e. The van der Waals surface area contributed by atoms with E-state index in [4.69, 9.17) is 4.74 Å². The minimum atomic E-state index is -0.397. The van der Waals surface area contributed by atoms with E-state index in [0.29, 0.717) is 25.4 Å². The van der Waals surface area contributed by atoms with Gasteiger partial charge < -0.3 is 15.0 Å². The number of hydrogen-bond acceptors (Lipinski definition) is 3. The molecule has 24 heavy (non-hydrogen) atoms. The van der Waals surface area contributed by atoms with E-state index in [2.05, 4.69) is 5.32 Å². The van der Waals surface area contributed by atoms with Crippen LogP contribution in [0.15, 0.2) is 24.3 Å². The van der Waals surface area contributed by atoms with Gasteiger partial charge in [0.15, 0.2) is 6.10 Å². The van der Waals surface area contributed by atoms with Gasteiger partial charge in [-0.3, -0.25) is 9.59 Å². The first-order valence-electron chi connectivity index (χ1n) is 8.85. The molecular formula is C19H26N2O3. The fourth-order valence-corrected chi connectivity index (χ4v) is 3.40. The number of para-hydroxylation sites is 1. The minimum absolute atomic E-state index is 0.00304. The molecule has 0 spiro atoms. The van der Waals surface area contributed by atoms with Gasteiger partial charge in [0.1, 0.15) is 5.75 Å². The molecule has 0 saturated carbocycles. The maximum Gasteiger partial charge on any atom is 0.264 e. The second-order valence-corrected chi connectivity index (χ2v) is 7.11. The van der Waals surface area contributed by atoms with Crippen molar-refractivity contribution < 1.29 is 14.3 Å². The molecule has 2 heterocycles. The van der Waals surface area contributed by atoms with E-state index in [0.717, 1.165) is 30.7 Å². The van der Waals surface area contributed by atoms with Crippen molar-refractivity contribution in [2.75, 3.05) is 19.6 Å². The lowest BCUT2D eigenvalue weighted by Crippen LogP contribution is -2.48. The zero-order valence-electron chi connectivity index (χ0n) is 14.5. The Hall–Kier alpha value is -2.04. The topological polar surface area (TPSA) is 58.6 Å². The predicted molar refractivity (Wildman–Crippen MR) is 91.7 cm³/mol. The molecule has 1 aromatic carbocycles. The molecule has 0 radical (unpaired) electrons. The number of fused-ring (bicyclic) bond motifs is 1. The Kier molecular flexibility index (Phi) is 5.07. The summed E-state index contributed by atoms with van der Waals surface area (Å²) in [5.41, 5.74) is 1.11. The summed E-state index contributed by atoms with van der Waals surface area (Å²) in [6.07, 6.45) is 2.29. The molecule has 1 N–H and O–H groups in total. The van der Waals surface area contributed by atoms with Gasteiger partial charge in [0.2, 0.25) is 5.91 Å². The number of ether oxygens (including phenoxy) is 1. The van der Waals surface area contributed by atoms with E-state index in [1.165, 1.54) is 0 Å². The molecule has 5 heteroatoms. The highest BCUT2D eigenvalue weighted by atomic mass is 16.5. The summed E-state index contributed by atoms with van der Waals surface area (Å²) in [7, 11) is 0. The van der Waals surface area contributed by atoms with Crippen molar-refractivity contribution in [1.29, 1.82) is 0 Å². The Morgan fingerprint density at radius 3 is 2.88 bits per heavy atom. The second kappa shape index (κ2) is 7.24. The average Bonchev–Trinajstić information content (AvgIpc) is 3.03. The summed E-state index contributed by atoms with van der Waals surface area (Å²) in [5.74, 6) is 1.30. The Balaban J connectivity index is 1.53. The quantitative estimate of drug-likeness (QED) is 0.919. The molecule has 0 aliphatic carbocycles. The van der Waals surface area contributed by atoms with Crippen LogP contribution in [0.2, 0.25) is 0 Å². The largest absolute Gasteiger partial charge is 0.480 e. The van der Waals surface area contributed by atoms with Crippen LogP contribution in [0, 0.1) is 11.8 Å². The molecule has 2 aliphatic heterocycles. The molecule has 0 unspecified atom stereocenters. The maximum absolute atomic E-state index is 12.8. The van der Waals surface area contributed by atoms with E-state index in [1.807, 2.05) is 43.0 Å². The SMILES string of the molecule is CC(C)C(=O)NC[C@H]1CCCN(C(=O)[C@H]2Cc3ccccc3O2)C1. The van der Waals surface area contributed by atoms with E-state index in [1.54, 1.807) is 0 Å². The summed E-state index contributed by atoms with van der Waals surface area (Å²) in [5, 5.41) is 2.99. The lowest BCUT2D eigenvalue weighted by molar-refractivity contribution is -0.139. The number of likely N-dealkylation sites (tertiary alicyclic amines) is 1. The van der Waals surface area contributed by atoms with Gasteiger partial charge in [-0.1, -0.05) is 32.0 Å². The standard InChI is InChI=1S/C19H26N2O3/c1-13(2)18(22)20-11-14-6-5-9-21(12-14)19(23)17-10-15-7-3-4-8-16(15)24-17/h3-4,7-8,13-14,17H,5-6,9-12H2,1-2H3,(H,20,22)/t14-,17-/m1/s1. The normalized spacial score (nSPS) is 22.9. The van der Waals surface area contributed by atoms with Crippen LogP contribution in [0.5, 0.6) is 5.75 Å². The van der Waals surface area contributed by atoms with Crippen LogP contribution in [0.25, 0.3) is 0 Å². The van der Waals surface area contributed by atoms with Gasteiger partial charge >= 0.3 is 0 Å². The Labute approximate surface area is 143 Å². The Morgan fingerprint density at radius 2 is 2.12 bits per heavy atom. The van der Waals surface area contributed by atoms with Gasteiger partial charge in [0.05, 0.1) is 0 Å². The molecule has 2 amide bonds. The Morgan fingerprint density at radius 1 is 1.33 bits per heavy atom. The number of carbonyl (C=O) groups excluding carboxylic acids is 2. The maximum atomic E-state index is 12.8. The van der Waals surface area contributed by atoms with Crippen LogP contribution in [-0.4, -0.2) is 42.5 Å². The van der Waals surface area contributed by atoms with E-state index in [-0.39, 0.29) is 17.7 Å². The number of piperidine rings is 1. The molecular weight excluding hydrogens is 304 g/mol. The number of amides is 2. The molecule has 2 aliphatic rings. The summed E-state index contributed by atoms with van der Waals surface area (Å²) in [6, 6.07) is 7.84. The van der Waals surface area contributed by atoms with Crippen molar-refractivity contribution in [2.45, 2.75) is 39.2 Å². The van der Waals surface area contributed by atoms with Crippen molar-refractivity contribution in [1.82, 2.24) is 10.2 Å². The fourth-order valence-electron chi connectivity index (χ4n) is 3.40. The second-order valence-electron chi connectivity index (χ2n) is 7.11. The number of benzene rings is 1. The first kappa shape index (κ1) is 16.8. The highest BCUT2D eigenvalue weighted by molar-refractivity contribution is 5.82. The van der Waals surface area contributed by atoms with Gasteiger partial charge in [-0.2, -0.15) is 0 Å². The number of hydrogen-bond donors (Lipinski definition) is 1. The number of carbonyl (C=O) groups is 2. The van der Waals surface area contributed by atoms with Crippen molar-refractivity contribution in [2.24, 2.45) is 11.8 Å². The first-order valence-corrected chi connectivity index (χ1v) is 8.85. The van der Waals surface area contributed by atoms with E-state index >= 15 is 0 Å². The lowest BCUT2D eigenvalue weighted by Gasteiger charge is -2.34. The molecule has 0 bridgehead atoms. The van der Waals surface area contributed by atoms with Gasteiger partial charge in [-0.15, -0.1) is 0 Å². The molecule has 3 rings (SSSR count). The number of nitrogens with one attached hydrogen (secondary N) is 1. The molecule has 1 saturated heterocycles. The highest BCUT2D eigenvalue weighted by Gasteiger charge is 2.34. The van der Waals surface area contributed by atoms with Crippen molar-refractivity contribution >= 4 is 11.8 Å². The minimum Gasteiger partial charge on any atom is -0.480 e. The molecule has 2 atom stereocenters. The van der Waals surface area contributed by atoms with E-state index < -0.39 is 6.10 Å². The summed E-state index contributed by atoms with van der Waals surface area (Å²) in [6.45, 7) is 5.91. The average molecular weight is 330 g/mol. The third kappa shape index (κ3) is 3.71. The van der Waals surface area contributed by atoms with Crippen molar-refractivity contribution in [3.05, 3.63) is 29.8 Å². The van der Waals surface area contributed by atoms with Crippen LogP contribution in [-0.2, 0) is 16.0 Å². The first-order chi connectivity index (χ1) is 11.5. The zero-order chi connectivity index (χ0) is 17.1. The molecule has 1 aromatic rings. The van der Waals surface area contributed by atoms with Gasteiger partial charge in [-0.05, 0) is 30.4 Å². The molecule has 130 valence electrons. The van der Waals surface area contributed by atoms with Gasteiger partial charge in [0.25, 0.3) is 5.91 Å². The number of rotatable bonds is 4. The third-order valence-electron chi connectivity index (χ3n) is 4.84. The molecule has 1 fully saturated rings. The van der Waals surface area contributed by atoms with E-state index in [9.17, 15) is 9.59 Å². The summed E-state index contributed by atoms with van der Waals surface area (Å²) in [4.78, 5) is 26.4. The van der Waals surface area contributed by atoms with Crippen LogP contribution >= 0.6 is 0 Å². The Bertz CT molecular complexity index is 589. The van der Waals surface area contributed by atoms with Crippen LogP contribution in [0.1, 0.15) is 32.3 Å². The zero-order valence-corrected chi connectivity index (χ0v) is 14.5. The monoisotopic (exact) mass is 330 g/mol. The summed E-state index contributed by atoms with van der Waals surface area (Å²) >= 11 is 0. The van der Waals surface area contributed by atoms with Gasteiger partial charge in [0, 0.05) is 32.0 Å². The molecule has 5 nitrogen and oxygen atoms in total. The lowest BCUT2D eigenvalue weighted by atomic mass is 9.97. The van der Waals surface area contributed by atoms with Crippen LogP contribution in [0.3, 0.4) is 0 Å². The summed E-state index contributed by atoms with van der Waals surface area (Å²) < 4.78 is 5.83. The van der Waals surface area contributed by atoms with Crippen LogP contribution in [0.4, 0.5) is 0 Å². The predicted octanol–water partition coefficient (Wildman–Crippen LogP) is 2.00. The van der Waals surface area contributed by atoms with Crippen molar-refractivity contribution in [3.63, 3.8) is 0 Å².